The number of urea groups is 1. The summed E-state index contributed by atoms with van der Waals surface area (Å²) in [6, 6.07) is 1.94. The van der Waals surface area contributed by atoms with Crippen molar-refractivity contribution in [3.05, 3.63) is 0 Å². The van der Waals surface area contributed by atoms with Crippen molar-refractivity contribution in [3.8, 4) is 6.07 Å². The molecule has 0 radical (unpaired) electrons. The molecule has 1 unspecified atom stereocenters. The number of rotatable bonds is 0. The summed E-state index contributed by atoms with van der Waals surface area (Å²) in [5.74, 6) is 0.717. The molecule has 0 aliphatic carbocycles. The topological polar surface area (TPSA) is 59.4 Å². The molecule has 2 aliphatic rings. The maximum Gasteiger partial charge on any atom is 0.321 e. The van der Waals surface area contributed by atoms with Crippen LogP contribution >= 0.6 is 0 Å². The van der Waals surface area contributed by atoms with E-state index in [0.717, 1.165) is 32.5 Å². The molecular weight excluding hydrogens is 216 g/mol. The van der Waals surface area contributed by atoms with Gasteiger partial charge in [-0.15, -0.1) is 0 Å². The van der Waals surface area contributed by atoms with Crippen molar-refractivity contribution >= 4 is 6.03 Å². The molecule has 17 heavy (non-hydrogen) atoms. The summed E-state index contributed by atoms with van der Waals surface area (Å²) < 4.78 is 0. The predicted molar refractivity (Wildman–Crippen MR) is 64.3 cm³/mol. The van der Waals surface area contributed by atoms with Gasteiger partial charge in [0.2, 0.25) is 0 Å². The van der Waals surface area contributed by atoms with Crippen LogP contribution in [-0.4, -0.2) is 54.6 Å². The fourth-order valence-corrected chi connectivity index (χ4v) is 2.43. The molecule has 94 valence electrons. The third kappa shape index (κ3) is 2.70. The summed E-state index contributed by atoms with van der Waals surface area (Å²) in [6.07, 6.45) is 2.16. The van der Waals surface area contributed by atoms with Crippen LogP contribution in [0.2, 0.25) is 0 Å². The van der Waals surface area contributed by atoms with Crippen LogP contribution in [0.25, 0.3) is 0 Å². The zero-order valence-electron chi connectivity index (χ0n) is 10.4. The number of likely N-dealkylation sites (tertiary alicyclic amines) is 1. The molecule has 2 aliphatic heterocycles. The fraction of sp³-hybridized carbons (Fsp3) is 0.833. The standard InChI is InChI=1S/C12H20N4O/c1-10-2-5-15(6-3-10)12(17)16-7-4-14-9-11(16)8-13/h10-11,14H,2-7,9H2,1H3. The summed E-state index contributed by atoms with van der Waals surface area (Å²) in [5.41, 5.74) is 0. The van der Waals surface area contributed by atoms with Gasteiger partial charge < -0.3 is 15.1 Å². The Kier molecular flexibility index (Phi) is 3.85. The summed E-state index contributed by atoms with van der Waals surface area (Å²) >= 11 is 0. The third-order valence-corrected chi connectivity index (χ3v) is 3.69. The average molecular weight is 236 g/mol. The van der Waals surface area contributed by atoms with Gasteiger partial charge in [-0.25, -0.2) is 4.79 Å². The van der Waals surface area contributed by atoms with Gasteiger partial charge in [0.1, 0.15) is 6.04 Å². The summed E-state index contributed by atoms with van der Waals surface area (Å²) in [5, 5.41) is 12.2. The molecule has 5 nitrogen and oxygen atoms in total. The number of carbonyl (C=O) groups excluding carboxylic acids is 1. The predicted octanol–water partition coefficient (Wildman–Crippen LogP) is 0.636. The second kappa shape index (κ2) is 5.37. The molecule has 0 saturated carbocycles. The van der Waals surface area contributed by atoms with Gasteiger partial charge in [0, 0.05) is 32.7 Å². The van der Waals surface area contributed by atoms with Crippen LogP contribution in [0.15, 0.2) is 0 Å². The highest BCUT2D eigenvalue weighted by molar-refractivity contribution is 5.75. The van der Waals surface area contributed by atoms with Gasteiger partial charge in [0.25, 0.3) is 0 Å². The zero-order valence-corrected chi connectivity index (χ0v) is 10.4. The molecule has 2 saturated heterocycles. The molecule has 0 bridgehead atoms. The zero-order chi connectivity index (χ0) is 12.3. The number of piperazine rings is 1. The largest absolute Gasteiger partial charge is 0.325 e. The Morgan fingerprint density at radius 1 is 1.35 bits per heavy atom. The number of hydrogen-bond donors (Lipinski definition) is 1. The van der Waals surface area contributed by atoms with Crippen LogP contribution < -0.4 is 5.32 Å². The lowest BCUT2D eigenvalue weighted by atomic mass is 9.99. The van der Waals surface area contributed by atoms with Crippen LogP contribution in [0.4, 0.5) is 4.79 Å². The van der Waals surface area contributed by atoms with E-state index in [1.54, 1.807) is 4.90 Å². The molecule has 0 spiro atoms. The number of nitriles is 1. The molecule has 1 N–H and O–H groups in total. The Hall–Kier alpha value is -1.28. The second-order valence-corrected chi connectivity index (χ2v) is 4.99. The average Bonchev–Trinajstić information content (AvgIpc) is 2.39. The van der Waals surface area contributed by atoms with Crippen molar-refractivity contribution in [2.24, 2.45) is 5.92 Å². The maximum atomic E-state index is 12.3. The van der Waals surface area contributed by atoms with E-state index in [2.05, 4.69) is 18.3 Å². The first-order chi connectivity index (χ1) is 8.22. The van der Waals surface area contributed by atoms with E-state index in [1.165, 1.54) is 0 Å². The van der Waals surface area contributed by atoms with E-state index < -0.39 is 0 Å². The Labute approximate surface area is 102 Å². The lowest BCUT2D eigenvalue weighted by Crippen LogP contribution is -2.57. The Morgan fingerprint density at radius 2 is 2.06 bits per heavy atom. The van der Waals surface area contributed by atoms with Crippen LogP contribution in [0, 0.1) is 17.2 Å². The number of piperidine rings is 1. The number of hydrogen-bond acceptors (Lipinski definition) is 3. The molecule has 2 fully saturated rings. The number of nitrogens with one attached hydrogen (secondary N) is 1. The Balaban J connectivity index is 1.96. The molecule has 5 heteroatoms. The van der Waals surface area contributed by atoms with Crippen LogP contribution in [-0.2, 0) is 0 Å². The fourth-order valence-electron chi connectivity index (χ4n) is 2.43. The third-order valence-electron chi connectivity index (χ3n) is 3.69. The molecule has 0 aromatic heterocycles. The van der Waals surface area contributed by atoms with Crippen molar-refractivity contribution in [3.63, 3.8) is 0 Å². The highest BCUT2D eigenvalue weighted by Gasteiger charge is 2.31. The first-order valence-corrected chi connectivity index (χ1v) is 6.38. The smallest absolute Gasteiger partial charge is 0.321 e. The quantitative estimate of drug-likeness (QED) is 0.671. The van der Waals surface area contributed by atoms with Crippen LogP contribution in [0.3, 0.4) is 0 Å². The molecule has 0 aromatic rings. The molecule has 1 atom stereocenters. The van der Waals surface area contributed by atoms with Crippen molar-refractivity contribution < 1.29 is 4.79 Å². The minimum atomic E-state index is -0.310. The van der Waals surface area contributed by atoms with Gasteiger partial charge in [-0.2, -0.15) is 5.26 Å². The van der Waals surface area contributed by atoms with E-state index in [4.69, 9.17) is 5.26 Å². The van der Waals surface area contributed by atoms with E-state index >= 15 is 0 Å². The Bertz CT molecular complexity index is 317. The molecule has 2 amide bonds. The minimum Gasteiger partial charge on any atom is -0.325 e. The Morgan fingerprint density at radius 3 is 2.71 bits per heavy atom. The molecular formula is C12H20N4O. The first-order valence-electron chi connectivity index (χ1n) is 6.38. The minimum absolute atomic E-state index is 0.0463. The summed E-state index contributed by atoms with van der Waals surface area (Å²) in [4.78, 5) is 15.9. The van der Waals surface area contributed by atoms with Crippen LogP contribution in [0.1, 0.15) is 19.8 Å². The van der Waals surface area contributed by atoms with Crippen LogP contribution in [0.5, 0.6) is 0 Å². The molecule has 0 aromatic carbocycles. The maximum absolute atomic E-state index is 12.3. The van der Waals surface area contributed by atoms with E-state index in [0.29, 0.717) is 19.0 Å². The SMILES string of the molecule is CC1CCN(C(=O)N2CCNCC2C#N)CC1. The van der Waals surface area contributed by atoms with Gasteiger partial charge >= 0.3 is 6.03 Å². The van der Waals surface area contributed by atoms with Crippen molar-refractivity contribution in [2.45, 2.75) is 25.8 Å². The summed E-state index contributed by atoms with van der Waals surface area (Å²) in [6.45, 7) is 5.92. The van der Waals surface area contributed by atoms with Crippen molar-refractivity contribution in [1.82, 2.24) is 15.1 Å². The molecule has 2 heterocycles. The normalized spacial score (nSPS) is 26.7. The monoisotopic (exact) mass is 236 g/mol. The van der Waals surface area contributed by atoms with Crippen molar-refractivity contribution in [2.75, 3.05) is 32.7 Å². The van der Waals surface area contributed by atoms with E-state index in [-0.39, 0.29) is 12.1 Å². The van der Waals surface area contributed by atoms with Crippen molar-refractivity contribution in [1.29, 1.82) is 5.26 Å². The number of amides is 2. The van der Waals surface area contributed by atoms with E-state index in [9.17, 15) is 4.79 Å². The summed E-state index contributed by atoms with van der Waals surface area (Å²) in [7, 11) is 0. The first kappa shape index (κ1) is 12.2. The van der Waals surface area contributed by atoms with Gasteiger partial charge in [-0.05, 0) is 18.8 Å². The van der Waals surface area contributed by atoms with Gasteiger partial charge in [-0.3, -0.25) is 0 Å². The second-order valence-electron chi connectivity index (χ2n) is 4.99. The highest BCUT2D eigenvalue weighted by Crippen LogP contribution is 2.18. The number of nitrogens with zero attached hydrogens (tertiary/aromatic N) is 3. The van der Waals surface area contributed by atoms with E-state index in [1.807, 2.05) is 4.90 Å². The number of carbonyl (C=O) groups is 1. The molecule has 2 rings (SSSR count). The lowest BCUT2D eigenvalue weighted by Gasteiger charge is -2.38. The highest BCUT2D eigenvalue weighted by atomic mass is 16.2. The lowest BCUT2D eigenvalue weighted by molar-refractivity contribution is 0.119. The van der Waals surface area contributed by atoms with Gasteiger partial charge in [0.05, 0.1) is 6.07 Å². The van der Waals surface area contributed by atoms with Gasteiger partial charge in [-0.1, -0.05) is 6.92 Å². The van der Waals surface area contributed by atoms with Gasteiger partial charge in [0.15, 0.2) is 0 Å².